The highest BCUT2D eigenvalue weighted by Gasteiger charge is 2.53. The molecule has 6 rings (SSSR count). The molecule has 3 atom stereocenters. The number of carbonyl (C=O) groups is 2. The van der Waals surface area contributed by atoms with Gasteiger partial charge in [0.25, 0.3) is 11.8 Å². The van der Waals surface area contributed by atoms with E-state index in [9.17, 15) is 14.7 Å². The molecule has 0 saturated heterocycles. The number of hydrogen-bond donors (Lipinski definition) is 1. The minimum absolute atomic E-state index is 0.116. The van der Waals surface area contributed by atoms with E-state index in [1.807, 2.05) is 12.1 Å². The van der Waals surface area contributed by atoms with Gasteiger partial charge in [-0.1, -0.05) is 24.3 Å². The Morgan fingerprint density at radius 3 is 2.66 bits per heavy atom. The lowest BCUT2D eigenvalue weighted by Gasteiger charge is -2.34. The van der Waals surface area contributed by atoms with Crippen molar-refractivity contribution in [2.75, 3.05) is 26.7 Å². The predicted molar refractivity (Wildman–Crippen MR) is 130 cm³/mol. The quantitative estimate of drug-likeness (QED) is 0.302. The van der Waals surface area contributed by atoms with Crippen molar-refractivity contribution in [2.24, 2.45) is 0 Å². The van der Waals surface area contributed by atoms with Gasteiger partial charge in [-0.15, -0.1) is 0 Å². The zero-order valence-corrected chi connectivity index (χ0v) is 19.8. The SMILES string of the molecule is COc1ccc2c3c1O[C@H]1C[C@@H](O)C=C[C@@]31CC[N+](CCCCN1C(=O)c3ccccc3C1=O)=C2. The molecule has 0 fully saturated rings. The van der Waals surface area contributed by atoms with Crippen LogP contribution in [0.15, 0.2) is 48.6 Å². The summed E-state index contributed by atoms with van der Waals surface area (Å²) in [5.41, 5.74) is 3.00. The van der Waals surface area contributed by atoms with Crippen LogP contribution in [0.1, 0.15) is 57.5 Å². The van der Waals surface area contributed by atoms with Gasteiger partial charge in [-0.2, -0.15) is 0 Å². The monoisotopic (exact) mass is 473 g/mol. The van der Waals surface area contributed by atoms with E-state index in [0.717, 1.165) is 55.0 Å². The molecule has 2 amide bonds. The third kappa shape index (κ3) is 3.40. The molecule has 7 heteroatoms. The molecule has 1 aliphatic carbocycles. The molecule has 0 aromatic heterocycles. The number of rotatable bonds is 6. The predicted octanol–water partition coefficient (Wildman–Crippen LogP) is 2.93. The van der Waals surface area contributed by atoms with Crippen LogP contribution in [0.4, 0.5) is 0 Å². The second-order valence-corrected chi connectivity index (χ2v) is 9.80. The lowest BCUT2D eigenvalue weighted by molar-refractivity contribution is -0.524. The number of fused-ring (bicyclic) bond motifs is 1. The fourth-order valence-corrected chi connectivity index (χ4v) is 6.04. The summed E-state index contributed by atoms with van der Waals surface area (Å²) in [6, 6.07) is 11.1. The van der Waals surface area contributed by atoms with Gasteiger partial charge in [0.15, 0.2) is 17.7 Å². The van der Waals surface area contributed by atoms with E-state index in [4.69, 9.17) is 9.47 Å². The van der Waals surface area contributed by atoms with Gasteiger partial charge in [-0.25, -0.2) is 4.58 Å². The van der Waals surface area contributed by atoms with E-state index < -0.39 is 6.10 Å². The molecule has 0 unspecified atom stereocenters. The van der Waals surface area contributed by atoms with E-state index in [-0.39, 0.29) is 23.3 Å². The van der Waals surface area contributed by atoms with E-state index in [1.165, 1.54) is 4.90 Å². The molecule has 2 aromatic carbocycles. The van der Waals surface area contributed by atoms with Crippen LogP contribution in [0.25, 0.3) is 0 Å². The first kappa shape index (κ1) is 22.0. The van der Waals surface area contributed by atoms with Crippen molar-refractivity contribution in [1.29, 1.82) is 0 Å². The van der Waals surface area contributed by atoms with Crippen LogP contribution in [0, 0.1) is 0 Å². The lowest BCUT2D eigenvalue weighted by Crippen LogP contribution is -2.43. The van der Waals surface area contributed by atoms with E-state index in [0.29, 0.717) is 24.1 Å². The summed E-state index contributed by atoms with van der Waals surface area (Å²) in [7, 11) is 1.65. The largest absolute Gasteiger partial charge is 0.493 e. The number of amides is 2. The topological polar surface area (TPSA) is 79.1 Å². The summed E-state index contributed by atoms with van der Waals surface area (Å²) < 4.78 is 14.3. The van der Waals surface area contributed by atoms with Gasteiger partial charge in [-0.05, 0) is 30.7 Å². The van der Waals surface area contributed by atoms with Gasteiger partial charge >= 0.3 is 0 Å². The zero-order chi connectivity index (χ0) is 24.2. The molecule has 180 valence electrons. The number of hydrogen-bond acceptors (Lipinski definition) is 5. The van der Waals surface area contributed by atoms with Gasteiger partial charge in [-0.3, -0.25) is 14.5 Å². The highest BCUT2D eigenvalue weighted by molar-refractivity contribution is 6.21. The first-order chi connectivity index (χ1) is 17.0. The number of nitrogens with zero attached hydrogens (tertiary/aromatic N) is 2. The van der Waals surface area contributed by atoms with Crippen molar-refractivity contribution in [3.05, 3.63) is 70.8 Å². The maximum Gasteiger partial charge on any atom is 0.261 e. The van der Waals surface area contributed by atoms with Crippen molar-refractivity contribution in [1.82, 2.24) is 4.90 Å². The molecule has 2 aromatic rings. The Kier molecular flexibility index (Phi) is 5.25. The Labute approximate surface area is 204 Å². The Balaban J connectivity index is 1.18. The highest BCUT2D eigenvalue weighted by Crippen LogP contribution is 2.54. The van der Waals surface area contributed by atoms with Gasteiger partial charge < -0.3 is 14.6 Å². The molecule has 0 bridgehead atoms. The third-order valence-electron chi connectivity index (χ3n) is 7.83. The number of carbonyl (C=O) groups excluding carboxylic acids is 2. The summed E-state index contributed by atoms with van der Waals surface area (Å²) in [5, 5.41) is 10.2. The Hall–Kier alpha value is -3.45. The smallest absolute Gasteiger partial charge is 0.261 e. The second kappa shape index (κ2) is 8.34. The average Bonchev–Trinajstić information content (AvgIpc) is 3.25. The molecule has 1 spiro atoms. The summed E-state index contributed by atoms with van der Waals surface area (Å²) in [6.07, 6.45) is 8.67. The zero-order valence-electron chi connectivity index (χ0n) is 19.8. The Morgan fingerprint density at radius 2 is 1.91 bits per heavy atom. The number of benzene rings is 2. The normalized spacial score (nSPS) is 26.0. The van der Waals surface area contributed by atoms with Crippen molar-refractivity contribution < 1.29 is 28.7 Å². The van der Waals surface area contributed by atoms with Crippen LogP contribution >= 0.6 is 0 Å². The molecule has 0 saturated carbocycles. The molecule has 35 heavy (non-hydrogen) atoms. The van der Waals surface area contributed by atoms with Crippen LogP contribution in [0.5, 0.6) is 11.5 Å². The lowest BCUT2D eigenvalue weighted by atomic mass is 9.69. The Morgan fingerprint density at radius 1 is 1.14 bits per heavy atom. The molecular weight excluding hydrogens is 444 g/mol. The van der Waals surface area contributed by atoms with Gasteiger partial charge in [0, 0.05) is 36.9 Å². The summed E-state index contributed by atoms with van der Waals surface area (Å²) in [4.78, 5) is 26.6. The van der Waals surface area contributed by atoms with E-state index >= 15 is 0 Å². The van der Waals surface area contributed by atoms with Crippen molar-refractivity contribution in [2.45, 2.75) is 43.3 Å². The molecule has 3 aliphatic heterocycles. The number of ether oxygens (including phenoxy) is 2. The summed E-state index contributed by atoms with van der Waals surface area (Å²) >= 11 is 0. The highest BCUT2D eigenvalue weighted by atomic mass is 16.5. The van der Waals surface area contributed by atoms with Gasteiger partial charge in [0.05, 0.1) is 29.8 Å². The molecule has 0 radical (unpaired) electrons. The second-order valence-electron chi connectivity index (χ2n) is 9.80. The number of aliphatic hydroxyl groups is 1. The van der Waals surface area contributed by atoms with Gasteiger partial charge in [0.1, 0.15) is 19.2 Å². The van der Waals surface area contributed by atoms with Crippen LogP contribution in [0.3, 0.4) is 0 Å². The molecule has 7 nitrogen and oxygen atoms in total. The van der Waals surface area contributed by atoms with Crippen LogP contribution in [0.2, 0.25) is 0 Å². The van der Waals surface area contributed by atoms with Gasteiger partial charge in [0.2, 0.25) is 0 Å². The van der Waals surface area contributed by atoms with Crippen LogP contribution < -0.4 is 9.47 Å². The summed E-state index contributed by atoms with van der Waals surface area (Å²) in [6.45, 7) is 2.11. The van der Waals surface area contributed by atoms with Crippen molar-refractivity contribution in [3.8, 4) is 11.5 Å². The number of imide groups is 1. The van der Waals surface area contributed by atoms with Crippen LogP contribution in [-0.2, 0) is 5.41 Å². The third-order valence-corrected chi connectivity index (χ3v) is 7.83. The Bertz CT molecular complexity index is 1250. The van der Waals surface area contributed by atoms with E-state index in [1.54, 1.807) is 31.4 Å². The molecule has 4 aliphatic rings. The average molecular weight is 474 g/mol. The molecular formula is C28H29N2O5+. The summed E-state index contributed by atoms with van der Waals surface area (Å²) in [5.74, 6) is 1.13. The van der Waals surface area contributed by atoms with Crippen molar-refractivity contribution in [3.63, 3.8) is 0 Å². The standard InChI is InChI=1S/C28H29N2O5/c1-34-22-9-8-18-17-29(15-12-28-11-10-19(31)16-23(28)35-25(22)24(18)28)13-4-5-14-30-26(32)20-6-2-3-7-21(20)27(30)33/h2-3,6-11,17,19,23,31H,4-5,12-16H2,1H3/q+1/t19-,23-,28-/m0/s1. The van der Waals surface area contributed by atoms with Crippen molar-refractivity contribution >= 4 is 18.0 Å². The maximum absolute atomic E-state index is 12.6. The number of methoxy groups -OCH3 is 1. The minimum atomic E-state index is -0.500. The number of aliphatic hydroxyl groups excluding tert-OH is 1. The van der Waals surface area contributed by atoms with E-state index in [2.05, 4.69) is 22.9 Å². The fourth-order valence-electron chi connectivity index (χ4n) is 6.04. The maximum atomic E-state index is 12.6. The van der Waals surface area contributed by atoms with Crippen LogP contribution in [-0.4, -0.2) is 71.6 Å². The fraction of sp³-hybridized carbons (Fsp3) is 0.393. The molecule has 3 heterocycles. The first-order valence-corrected chi connectivity index (χ1v) is 12.3. The minimum Gasteiger partial charge on any atom is -0.493 e. The first-order valence-electron chi connectivity index (χ1n) is 12.3. The number of unbranched alkanes of at least 4 members (excludes halogenated alkanes) is 1. The molecule has 1 N–H and O–H groups in total.